The molecule has 0 fully saturated rings. The molecule has 0 aliphatic rings. The fourth-order valence-corrected chi connectivity index (χ4v) is 3.04. The molecule has 1 N–H and O–H groups in total. The summed E-state index contributed by atoms with van der Waals surface area (Å²) in [5.41, 5.74) is 3.77. The third-order valence-electron chi connectivity index (χ3n) is 3.91. The van der Waals surface area contributed by atoms with E-state index in [0.717, 1.165) is 46.0 Å². The first kappa shape index (κ1) is 16.5. The predicted molar refractivity (Wildman–Crippen MR) is 98.6 cm³/mol. The number of carbonyl (C=O) groups excluding carboxylic acids is 1. The van der Waals surface area contributed by atoms with Crippen molar-refractivity contribution in [1.82, 2.24) is 9.55 Å². The van der Waals surface area contributed by atoms with Crippen molar-refractivity contribution in [2.75, 3.05) is 5.32 Å². The molecule has 0 radical (unpaired) electrons. The molecule has 0 atom stereocenters. The van der Waals surface area contributed by atoms with Gasteiger partial charge < -0.3 is 9.88 Å². The lowest BCUT2D eigenvalue weighted by molar-refractivity contribution is -0.114. The normalized spacial score (nSPS) is 11.0. The first-order chi connectivity index (χ1) is 11.6. The number of halogens is 1. The number of hydrogen-bond acceptors (Lipinski definition) is 2. The molecule has 1 amide bonds. The molecule has 0 aliphatic carbocycles. The van der Waals surface area contributed by atoms with Crippen molar-refractivity contribution < 1.29 is 4.79 Å². The maximum absolute atomic E-state index is 11.3. The van der Waals surface area contributed by atoms with E-state index < -0.39 is 0 Å². The van der Waals surface area contributed by atoms with Gasteiger partial charge in [0, 0.05) is 24.1 Å². The summed E-state index contributed by atoms with van der Waals surface area (Å²) in [5.74, 6) is 0.952. The van der Waals surface area contributed by atoms with E-state index in [1.54, 1.807) is 0 Å². The van der Waals surface area contributed by atoms with E-state index in [0.29, 0.717) is 6.54 Å². The number of hydrogen-bond donors (Lipinski definition) is 1. The Balaban J connectivity index is 2.09. The number of fused-ring (bicyclic) bond motifs is 1. The molecule has 3 rings (SSSR count). The van der Waals surface area contributed by atoms with E-state index in [-0.39, 0.29) is 5.91 Å². The van der Waals surface area contributed by atoms with Crippen LogP contribution in [0.2, 0.25) is 5.02 Å². The molecule has 124 valence electrons. The lowest BCUT2D eigenvalue weighted by Crippen LogP contribution is -2.07. The van der Waals surface area contributed by atoms with E-state index in [1.165, 1.54) is 6.92 Å². The van der Waals surface area contributed by atoms with Gasteiger partial charge in [0.05, 0.1) is 17.6 Å². The van der Waals surface area contributed by atoms with Crippen LogP contribution in [0.25, 0.3) is 11.0 Å². The van der Waals surface area contributed by atoms with Crippen molar-refractivity contribution in [3.63, 3.8) is 0 Å². The summed E-state index contributed by atoms with van der Waals surface area (Å²) in [6.07, 6.45) is 1.92. The molecule has 4 nitrogen and oxygen atoms in total. The highest BCUT2D eigenvalue weighted by Crippen LogP contribution is 2.25. The van der Waals surface area contributed by atoms with Crippen LogP contribution in [0.4, 0.5) is 5.69 Å². The molecule has 3 aromatic rings. The van der Waals surface area contributed by atoms with Crippen LogP contribution in [0.15, 0.2) is 42.5 Å². The Hall–Kier alpha value is -2.33. The molecular formula is C19H20ClN3O. The second-order valence-corrected chi connectivity index (χ2v) is 6.25. The number of rotatable bonds is 5. The van der Waals surface area contributed by atoms with Gasteiger partial charge in [-0.05, 0) is 36.2 Å². The van der Waals surface area contributed by atoms with Gasteiger partial charge in [0.15, 0.2) is 0 Å². The second kappa shape index (κ2) is 7.05. The van der Waals surface area contributed by atoms with Gasteiger partial charge in [0.1, 0.15) is 5.82 Å². The van der Waals surface area contributed by atoms with Crippen molar-refractivity contribution in [3.8, 4) is 0 Å². The van der Waals surface area contributed by atoms with Crippen LogP contribution in [-0.2, 0) is 17.8 Å². The van der Waals surface area contributed by atoms with E-state index in [9.17, 15) is 4.79 Å². The number of aromatic nitrogens is 2. The van der Waals surface area contributed by atoms with Gasteiger partial charge in [0.2, 0.25) is 5.91 Å². The van der Waals surface area contributed by atoms with Crippen LogP contribution < -0.4 is 5.32 Å². The number of imidazole rings is 1. The molecule has 5 heteroatoms. The van der Waals surface area contributed by atoms with Gasteiger partial charge in [-0.2, -0.15) is 0 Å². The highest BCUT2D eigenvalue weighted by Gasteiger charge is 2.13. The average molecular weight is 342 g/mol. The minimum atomic E-state index is -0.0831. The highest BCUT2D eigenvalue weighted by atomic mass is 35.5. The maximum atomic E-state index is 11.3. The largest absolute Gasteiger partial charge is 0.326 e. The van der Waals surface area contributed by atoms with Crippen LogP contribution >= 0.6 is 11.6 Å². The molecule has 2 aromatic carbocycles. The predicted octanol–water partition coefficient (Wildman–Crippen LogP) is 4.65. The Morgan fingerprint density at radius 2 is 2.04 bits per heavy atom. The topological polar surface area (TPSA) is 46.9 Å². The van der Waals surface area contributed by atoms with Gasteiger partial charge in [-0.3, -0.25) is 4.79 Å². The molecule has 0 spiro atoms. The molecule has 0 saturated heterocycles. The Morgan fingerprint density at radius 1 is 1.25 bits per heavy atom. The van der Waals surface area contributed by atoms with Crippen molar-refractivity contribution in [2.24, 2.45) is 0 Å². The first-order valence-electron chi connectivity index (χ1n) is 8.08. The summed E-state index contributed by atoms with van der Waals surface area (Å²) in [7, 11) is 0. The molecular weight excluding hydrogens is 322 g/mol. The number of aryl methyl sites for hydroxylation is 1. The molecule has 1 aromatic heterocycles. The van der Waals surface area contributed by atoms with E-state index >= 15 is 0 Å². The monoisotopic (exact) mass is 341 g/mol. The number of anilines is 1. The van der Waals surface area contributed by atoms with Gasteiger partial charge >= 0.3 is 0 Å². The van der Waals surface area contributed by atoms with Crippen molar-refractivity contribution in [2.45, 2.75) is 33.2 Å². The van der Waals surface area contributed by atoms with Gasteiger partial charge in [-0.15, -0.1) is 0 Å². The summed E-state index contributed by atoms with van der Waals surface area (Å²) >= 11 is 6.33. The smallest absolute Gasteiger partial charge is 0.221 e. The fraction of sp³-hybridized carbons (Fsp3) is 0.263. The first-order valence-corrected chi connectivity index (χ1v) is 8.46. The third kappa shape index (κ3) is 3.44. The van der Waals surface area contributed by atoms with Crippen molar-refractivity contribution >= 4 is 34.2 Å². The van der Waals surface area contributed by atoms with Crippen LogP contribution in [0.3, 0.4) is 0 Å². The van der Waals surface area contributed by atoms with Gasteiger partial charge in [0.25, 0.3) is 0 Å². The molecule has 0 aliphatic heterocycles. The molecule has 1 heterocycles. The van der Waals surface area contributed by atoms with Crippen LogP contribution in [-0.4, -0.2) is 15.5 Å². The fourth-order valence-electron chi connectivity index (χ4n) is 2.84. The van der Waals surface area contributed by atoms with Crippen LogP contribution in [0, 0.1) is 0 Å². The number of carbonyl (C=O) groups is 1. The number of nitrogens with zero attached hydrogens (tertiary/aromatic N) is 2. The van der Waals surface area contributed by atoms with E-state index in [2.05, 4.69) is 16.8 Å². The Morgan fingerprint density at radius 3 is 2.75 bits per heavy atom. The summed E-state index contributed by atoms with van der Waals surface area (Å²) in [6, 6.07) is 13.6. The minimum Gasteiger partial charge on any atom is -0.326 e. The van der Waals surface area contributed by atoms with E-state index in [4.69, 9.17) is 16.6 Å². The van der Waals surface area contributed by atoms with Crippen molar-refractivity contribution in [3.05, 3.63) is 58.9 Å². The minimum absolute atomic E-state index is 0.0831. The SMILES string of the molecule is CCCc1nc2ccc(NC(C)=O)cc2n1Cc1ccccc1Cl. The summed E-state index contributed by atoms with van der Waals surface area (Å²) in [6.45, 7) is 4.31. The van der Waals surface area contributed by atoms with E-state index in [1.807, 2.05) is 42.5 Å². The quantitative estimate of drug-likeness (QED) is 0.734. The molecule has 24 heavy (non-hydrogen) atoms. The average Bonchev–Trinajstić information content (AvgIpc) is 2.87. The maximum Gasteiger partial charge on any atom is 0.221 e. The summed E-state index contributed by atoms with van der Waals surface area (Å²) in [5, 5.41) is 3.58. The standard InChI is InChI=1S/C19H20ClN3O/c1-3-6-19-22-17-10-9-15(21-13(2)24)11-18(17)23(19)12-14-7-4-5-8-16(14)20/h4-5,7-11H,3,6,12H2,1-2H3,(H,21,24). The molecule has 0 saturated carbocycles. The van der Waals surface area contributed by atoms with Crippen molar-refractivity contribution in [1.29, 1.82) is 0 Å². The zero-order valence-electron chi connectivity index (χ0n) is 13.8. The number of amides is 1. The Kier molecular flexibility index (Phi) is 4.86. The Bertz CT molecular complexity index is 885. The second-order valence-electron chi connectivity index (χ2n) is 5.84. The van der Waals surface area contributed by atoms with Crippen LogP contribution in [0.5, 0.6) is 0 Å². The van der Waals surface area contributed by atoms with Gasteiger partial charge in [-0.1, -0.05) is 36.7 Å². The van der Waals surface area contributed by atoms with Gasteiger partial charge in [-0.25, -0.2) is 4.98 Å². The molecule has 0 bridgehead atoms. The summed E-state index contributed by atoms with van der Waals surface area (Å²) < 4.78 is 2.19. The zero-order valence-corrected chi connectivity index (χ0v) is 14.6. The Labute approximate surface area is 146 Å². The molecule has 0 unspecified atom stereocenters. The van der Waals surface area contributed by atoms with Crippen LogP contribution in [0.1, 0.15) is 31.7 Å². The lowest BCUT2D eigenvalue weighted by Gasteiger charge is -2.11. The number of nitrogens with one attached hydrogen (secondary N) is 1. The zero-order chi connectivity index (χ0) is 17.1. The lowest BCUT2D eigenvalue weighted by atomic mass is 10.2. The third-order valence-corrected chi connectivity index (χ3v) is 4.28. The number of benzene rings is 2. The summed E-state index contributed by atoms with van der Waals surface area (Å²) in [4.78, 5) is 16.1. The highest BCUT2D eigenvalue weighted by molar-refractivity contribution is 6.31.